The van der Waals surface area contributed by atoms with Gasteiger partial charge in [-0.1, -0.05) is 18.2 Å². The Balaban J connectivity index is 1.71. The van der Waals surface area contributed by atoms with Crippen LogP contribution < -0.4 is 0 Å². The first kappa shape index (κ1) is 9.64. The lowest BCUT2D eigenvalue weighted by molar-refractivity contribution is 0.0989. The third-order valence-corrected chi connectivity index (χ3v) is 3.37. The maximum Gasteiger partial charge on any atom is 0.183 e. The lowest BCUT2D eigenvalue weighted by atomic mass is 10.0. The molecule has 0 bridgehead atoms. The number of carbonyl (C=O) groups is 1. The number of H-pyrrole nitrogens is 1. The minimum Gasteiger partial charge on any atom is -0.356 e. The molecule has 0 saturated heterocycles. The number of aromatic amines is 1. The van der Waals surface area contributed by atoms with E-state index in [4.69, 9.17) is 0 Å². The molecule has 0 aromatic carbocycles. The number of ketones is 1. The highest BCUT2D eigenvalue weighted by Crippen LogP contribution is 2.44. The van der Waals surface area contributed by atoms with Gasteiger partial charge in [0.1, 0.15) is 0 Å². The minimum absolute atomic E-state index is 0.183. The molecule has 1 heterocycles. The smallest absolute Gasteiger partial charge is 0.183 e. The molecule has 16 heavy (non-hydrogen) atoms. The minimum atomic E-state index is 0.183. The van der Waals surface area contributed by atoms with Crippen molar-refractivity contribution in [1.82, 2.24) is 4.98 Å². The van der Waals surface area contributed by atoms with Crippen LogP contribution in [0.1, 0.15) is 29.0 Å². The molecule has 2 atom stereocenters. The van der Waals surface area contributed by atoms with E-state index in [1.165, 1.54) is 12.0 Å². The van der Waals surface area contributed by atoms with Crippen LogP contribution >= 0.6 is 0 Å². The van der Waals surface area contributed by atoms with Crippen molar-refractivity contribution in [3.63, 3.8) is 0 Å². The predicted octanol–water partition coefficient (Wildman–Crippen LogP) is 3.03. The summed E-state index contributed by atoms with van der Waals surface area (Å²) in [5.41, 5.74) is 2.94. The number of allylic oxidation sites excluding steroid dienone is 4. The Bertz CT molecular complexity index is 493. The third kappa shape index (κ3) is 1.75. The van der Waals surface area contributed by atoms with E-state index < -0.39 is 0 Å². The number of rotatable bonds is 3. The Hall–Kier alpha value is -1.57. The molecule has 82 valence electrons. The molecule has 1 fully saturated rings. The van der Waals surface area contributed by atoms with Gasteiger partial charge in [-0.05, 0) is 42.9 Å². The second kappa shape index (κ2) is 3.48. The number of carbonyl (C=O) groups excluding carboxylic acids is 1. The van der Waals surface area contributed by atoms with E-state index in [9.17, 15) is 4.79 Å². The highest BCUT2D eigenvalue weighted by atomic mass is 16.1. The van der Waals surface area contributed by atoms with Gasteiger partial charge in [0.25, 0.3) is 0 Å². The quantitative estimate of drug-likeness (QED) is 0.769. The first-order chi connectivity index (χ1) is 7.72. The van der Waals surface area contributed by atoms with Crippen LogP contribution in [0.5, 0.6) is 0 Å². The summed E-state index contributed by atoms with van der Waals surface area (Å²) in [6.45, 7) is 1.96. The van der Waals surface area contributed by atoms with Gasteiger partial charge in [-0.3, -0.25) is 4.79 Å². The third-order valence-electron chi connectivity index (χ3n) is 3.37. The second-order valence-corrected chi connectivity index (χ2v) is 4.82. The number of aryl methyl sites for hydroxylation is 1. The Labute approximate surface area is 95.1 Å². The molecule has 1 N–H and O–H groups in total. The van der Waals surface area contributed by atoms with Gasteiger partial charge < -0.3 is 4.98 Å². The van der Waals surface area contributed by atoms with Crippen molar-refractivity contribution in [2.75, 3.05) is 0 Å². The number of aromatic nitrogens is 1. The zero-order valence-electron chi connectivity index (χ0n) is 9.36. The summed E-state index contributed by atoms with van der Waals surface area (Å²) < 4.78 is 0. The summed E-state index contributed by atoms with van der Waals surface area (Å²) >= 11 is 0. The van der Waals surface area contributed by atoms with E-state index in [1.807, 2.05) is 19.1 Å². The van der Waals surface area contributed by atoms with E-state index in [-0.39, 0.29) is 5.78 Å². The Morgan fingerprint density at radius 2 is 2.31 bits per heavy atom. The standard InChI is InChI=1S/C14H15NO/c1-9-2-5-13(15-9)14(16)7-10-3-4-11-8-12(11)6-10/h2-6,11-12,15H,7-8H2,1H3. The SMILES string of the molecule is Cc1ccc(C(=O)CC2=CC3CC3C=C2)[nH]1. The molecule has 2 heteroatoms. The van der Waals surface area contributed by atoms with E-state index in [0.29, 0.717) is 6.42 Å². The fourth-order valence-corrected chi connectivity index (χ4v) is 2.29. The molecule has 1 aromatic rings. The number of hydrogen-bond donors (Lipinski definition) is 1. The summed E-state index contributed by atoms with van der Waals surface area (Å²) in [4.78, 5) is 15.0. The van der Waals surface area contributed by atoms with Gasteiger partial charge >= 0.3 is 0 Å². The molecule has 3 rings (SSSR count). The summed E-state index contributed by atoms with van der Waals surface area (Å²) in [5.74, 6) is 1.67. The van der Waals surface area contributed by atoms with Gasteiger partial charge in [0.05, 0.1) is 5.69 Å². The fourth-order valence-electron chi connectivity index (χ4n) is 2.29. The van der Waals surface area contributed by atoms with Crippen LogP contribution in [0.3, 0.4) is 0 Å². The van der Waals surface area contributed by atoms with Gasteiger partial charge in [0.15, 0.2) is 5.78 Å². The lowest BCUT2D eigenvalue weighted by Gasteiger charge is -2.04. The summed E-state index contributed by atoms with van der Waals surface area (Å²) in [5, 5.41) is 0. The molecule has 0 aliphatic heterocycles. The maximum atomic E-state index is 11.9. The van der Waals surface area contributed by atoms with Crippen molar-refractivity contribution in [3.8, 4) is 0 Å². The van der Waals surface area contributed by atoms with E-state index in [2.05, 4.69) is 23.2 Å². The number of nitrogens with one attached hydrogen (secondary N) is 1. The monoisotopic (exact) mass is 213 g/mol. The van der Waals surface area contributed by atoms with E-state index in [1.54, 1.807) is 0 Å². The Morgan fingerprint density at radius 3 is 3.00 bits per heavy atom. The molecule has 0 amide bonds. The van der Waals surface area contributed by atoms with Crippen molar-refractivity contribution in [1.29, 1.82) is 0 Å². The highest BCUT2D eigenvalue weighted by molar-refractivity contribution is 5.96. The second-order valence-electron chi connectivity index (χ2n) is 4.82. The van der Waals surface area contributed by atoms with Crippen molar-refractivity contribution in [2.45, 2.75) is 19.8 Å². The molecule has 2 aliphatic rings. The van der Waals surface area contributed by atoms with Crippen LogP contribution in [-0.2, 0) is 0 Å². The van der Waals surface area contributed by atoms with Crippen LogP contribution in [0.15, 0.2) is 35.9 Å². The van der Waals surface area contributed by atoms with Gasteiger partial charge in [-0.25, -0.2) is 0 Å². The van der Waals surface area contributed by atoms with Gasteiger partial charge in [0, 0.05) is 12.1 Å². The molecular formula is C14H15NO. The number of hydrogen-bond acceptors (Lipinski definition) is 1. The molecule has 0 spiro atoms. The van der Waals surface area contributed by atoms with Crippen molar-refractivity contribution in [2.24, 2.45) is 11.8 Å². The van der Waals surface area contributed by atoms with Crippen LogP contribution in [0.2, 0.25) is 0 Å². The largest absolute Gasteiger partial charge is 0.356 e. The molecule has 1 saturated carbocycles. The maximum absolute atomic E-state index is 11.9. The summed E-state index contributed by atoms with van der Waals surface area (Å²) in [7, 11) is 0. The van der Waals surface area contributed by atoms with Crippen molar-refractivity contribution >= 4 is 5.78 Å². The molecule has 2 aliphatic carbocycles. The highest BCUT2D eigenvalue weighted by Gasteiger charge is 2.35. The summed E-state index contributed by atoms with van der Waals surface area (Å²) in [6, 6.07) is 3.81. The van der Waals surface area contributed by atoms with Crippen molar-refractivity contribution < 1.29 is 4.79 Å². The van der Waals surface area contributed by atoms with Crippen LogP contribution in [-0.4, -0.2) is 10.8 Å². The number of fused-ring (bicyclic) bond motifs is 1. The van der Waals surface area contributed by atoms with Crippen LogP contribution in [0.25, 0.3) is 0 Å². The topological polar surface area (TPSA) is 32.9 Å². The van der Waals surface area contributed by atoms with E-state index >= 15 is 0 Å². The predicted molar refractivity (Wildman–Crippen MR) is 63.3 cm³/mol. The molecule has 2 nitrogen and oxygen atoms in total. The van der Waals surface area contributed by atoms with Gasteiger partial charge in [0.2, 0.25) is 0 Å². The first-order valence-corrected chi connectivity index (χ1v) is 5.80. The first-order valence-electron chi connectivity index (χ1n) is 5.80. The molecule has 0 radical (unpaired) electrons. The van der Waals surface area contributed by atoms with Gasteiger partial charge in [-0.2, -0.15) is 0 Å². The zero-order chi connectivity index (χ0) is 11.1. The lowest BCUT2D eigenvalue weighted by Crippen LogP contribution is -2.02. The average Bonchev–Trinajstić information content (AvgIpc) is 2.90. The van der Waals surface area contributed by atoms with Gasteiger partial charge in [-0.15, -0.1) is 0 Å². The molecule has 1 aromatic heterocycles. The molecule has 2 unspecified atom stereocenters. The Morgan fingerprint density at radius 1 is 1.44 bits per heavy atom. The zero-order valence-corrected chi connectivity index (χ0v) is 9.36. The fraction of sp³-hybridized carbons (Fsp3) is 0.357. The normalized spacial score (nSPS) is 26.2. The van der Waals surface area contributed by atoms with Crippen LogP contribution in [0, 0.1) is 18.8 Å². The molecular weight excluding hydrogens is 198 g/mol. The number of Topliss-reactive ketones (excluding diaryl/α,β-unsaturated/α-hetero) is 1. The Kier molecular flexibility index (Phi) is 2.10. The summed E-state index contributed by atoms with van der Waals surface area (Å²) in [6.07, 6.45) is 8.42. The van der Waals surface area contributed by atoms with E-state index in [0.717, 1.165) is 23.2 Å². The average molecular weight is 213 g/mol. The van der Waals surface area contributed by atoms with Crippen molar-refractivity contribution in [3.05, 3.63) is 47.3 Å². The van der Waals surface area contributed by atoms with Crippen LogP contribution in [0.4, 0.5) is 0 Å².